The normalized spacial score (nSPS) is 15.2. The third-order valence-corrected chi connectivity index (χ3v) is 3.42. The van der Waals surface area contributed by atoms with Gasteiger partial charge in [0.25, 0.3) is 0 Å². The van der Waals surface area contributed by atoms with Crippen molar-refractivity contribution in [3.8, 4) is 0 Å². The topological polar surface area (TPSA) is 43.4 Å². The summed E-state index contributed by atoms with van der Waals surface area (Å²) >= 11 is 0. The van der Waals surface area contributed by atoms with Gasteiger partial charge in [0.1, 0.15) is 0 Å². The Morgan fingerprint density at radius 2 is 2.33 bits per heavy atom. The second kappa shape index (κ2) is 4.72. The zero-order chi connectivity index (χ0) is 12.4. The van der Waals surface area contributed by atoms with Crippen LogP contribution in [-0.2, 0) is 6.42 Å². The van der Waals surface area contributed by atoms with Gasteiger partial charge in [-0.1, -0.05) is 12.1 Å². The van der Waals surface area contributed by atoms with E-state index in [0.29, 0.717) is 0 Å². The number of hydrogen-bond donors (Lipinski definition) is 2. The second-order valence-corrected chi connectivity index (χ2v) is 4.66. The lowest BCUT2D eigenvalue weighted by Gasteiger charge is -2.15. The number of hydrogen-bond acceptors (Lipinski definition) is 3. The molecule has 0 saturated heterocycles. The predicted octanol–water partition coefficient (Wildman–Crippen LogP) is 1.60. The number of guanidine groups is 1. The average molecular weight is 242 g/mol. The molecule has 4 heteroatoms. The Labute approximate surface area is 107 Å². The van der Waals surface area contributed by atoms with E-state index in [9.17, 15) is 0 Å². The number of benzene rings is 1. The van der Waals surface area contributed by atoms with Gasteiger partial charge >= 0.3 is 0 Å². The highest BCUT2D eigenvalue weighted by atomic mass is 15.3. The average Bonchev–Trinajstić information content (AvgIpc) is 2.99. The molecule has 94 valence electrons. The zero-order valence-electron chi connectivity index (χ0n) is 10.6. The molecule has 0 saturated carbocycles. The van der Waals surface area contributed by atoms with E-state index in [1.54, 1.807) is 0 Å². The smallest absolute Gasteiger partial charge is 0.193 e. The first kappa shape index (κ1) is 11.1. The van der Waals surface area contributed by atoms with Gasteiger partial charge in [-0.15, -0.1) is 0 Å². The van der Waals surface area contributed by atoms with Gasteiger partial charge in [0.05, 0.1) is 6.54 Å². The minimum absolute atomic E-state index is 0.909. The highest BCUT2D eigenvalue weighted by Crippen LogP contribution is 2.17. The number of fused-ring (bicyclic) bond motifs is 1. The van der Waals surface area contributed by atoms with Crippen molar-refractivity contribution in [1.29, 1.82) is 0 Å². The number of rotatable bonds is 3. The van der Waals surface area contributed by atoms with Crippen LogP contribution in [0.15, 0.2) is 35.5 Å². The number of aromatic amines is 1. The maximum Gasteiger partial charge on any atom is 0.193 e. The third-order valence-electron chi connectivity index (χ3n) is 3.42. The van der Waals surface area contributed by atoms with Gasteiger partial charge in [0.2, 0.25) is 0 Å². The SMILES string of the molecule is CN1CCN=C1NCCc1cccc2[nH]ccc12. The summed E-state index contributed by atoms with van der Waals surface area (Å²) < 4.78 is 0. The van der Waals surface area contributed by atoms with E-state index in [4.69, 9.17) is 0 Å². The minimum Gasteiger partial charge on any atom is -0.361 e. The quantitative estimate of drug-likeness (QED) is 0.858. The Hall–Kier alpha value is -1.97. The van der Waals surface area contributed by atoms with Crippen LogP contribution in [0.25, 0.3) is 10.9 Å². The molecule has 3 rings (SSSR count). The first-order valence-corrected chi connectivity index (χ1v) is 6.39. The Morgan fingerprint density at radius 1 is 1.39 bits per heavy atom. The van der Waals surface area contributed by atoms with Gasteiger partial charge in [-0.2, -0.15) is 0 Å². The summed E-state index contributed by atoms with van der Waals surface area (Å²) in [6.45, 7) is 2.86. The first-order valence-electron chi connectivity index (χ1n) is 6.39. The Morgan fingerprint density at radius 3 is 3.17 bits per heavy atom. The first-order chi connectivity index (χ1) is 8.84. The summed E-state index contributed by atoms with van der Waals surface area (Å²) in [6, 6.07) is 8.55. The molecule has 0 aliphatic carbocycles. The molecular weight excluding hydrogens is 224 g/mol. The third kappa shape index (κ3) is 2.06. The monoisotopic (exact) mass is 242 g/mol. The van der Waals surface area contributed by atoms with Crippen LogP contribution in [0, 0.1) is 0 Å². The van der Waals surface area contributed by atoms with Crippen molar-refractivity contribution in [1.82, 2.24) is 15.2 Å². The predicted molar refractivity (Wildman–Crippen MR) is 74.9 cm³/mol. The van der Waals surface area contributed by atoms with Gasteiger partial charge in [-0.25, -0.2) is 0 Å². The zero-order valence-corrected chi connectivity index (χ0v) is 10.6. The fourth-order valence-corrected chi connectivity index (χ4v) is 2.40. The fraction of sp³-hybridized carbons (Fsp3) is 0.357. The van der Waals surface area contributed by atoms with E-state index in [2.05, 4.69) is 51.5 Å². The van der Waals surface area contributed by atoms with E-state index < -0.39 is 0 Å². The lowest BCUT2D eigenvalue weighted by molar-refractivity contribution is 0.534. The minimum atomic E-state index is 0.909. The van der Waals surface area contributed by atoms with Gasteiger partial charge in [0, 0.05) is 37.2 Å². The number of aliphatic imine (C=N–C) groups is 1. The summed E-state index contributed by atoms with van der Waals surface area (Å²) in [5, 5.41) is 4.72. The standard InChI is InChI=1S/C14H18N4/c1-18-10-9-17-14(18)16-7-5-11-3-2-4-13-12(11)6-8-15-13/h2-4,6,8,15H,5,7,9-10H2,1H3,(H,16,17). The molecule has 4 nitrogen and oxygen atoms in total. The van der Waals surface area contributed by atoms with Crippen LogP contribution in [-0.4, -0.2) is 42.5 Å². The van der Waals surface area contributed by atoms with Crippen LogP contribution < -0.4 is 5.32 Å². The molecule has 0 fully saturated rings. The number of nitrogens with one attached hydrogen (secondary N) is 2. The molecule has 2 N–H and O–H groups in total. The number of nitrogens with zero attached hydrogens (tertiary/aromatic N) is 2. The molecule has 1 aliphatic rings. The molecule has 1 aromatic heterocycles. The molecule has 0 unspecified atom stereocenters. The molecule has 0 atom stereocenters. The molecule has 0 radical (unpaired) electrons. The largest absolute Gasteiger partial charge is 0.361 e. The molecule has 2 heterocycles. The Kier molecular flexibility index (Phi) is 2.92. The van der Waals surface area contributed by atoms with Crippen molar-refractivity contribution in [3.63, 3.8) is 0 Å². The molecule has 18 heavy (non-hydrogen) atoms. The maximum absolute atomic E-state index is 4.43. The Bertz CT molecular complexity index is 570. The van der Waals surface area contributed by atoms with Crippen LogP contribution in [0.3, 0.4) is 0 Å². The van der Waals surface area contributed by atoms with Gasteiger partial charge < -0.3 is 15.2 Å². The summed E-state index contributed by atoms with van der Waals surface area (Å²) in [5.41, 5.74) is 2.59. The molecule has 0 amide bonds. The van der Waals surface area contributed by atoms with Crippen LogP contribution >= 0.6 is 0 Å². The summed E-state index contributed by atoms with van der Waals surface area (Å²) in [4.78, 5) is 9.84. The molecule has 0 bridgehead atoms. The lowest BCUT2D eigenvalue weighted by Crippen LogP contribution is -2.36. The number of H-pyrrole nitrogens is 1. The number of aromatic nitrogens is 1. The summed E-state index contributed by atoms with van der Waals surface area (Å²) in [5.74, 6) is 1.02. The van der Waals surface area contributed by atoms with Gasteiger partial charge in [0.15, 0.2) is 5.96 Å². The van der Waals surface area contributed by atoms with Crippen molar-refractivity contribution >= 4 is 16.9 Å². The second-order valence-electron chi connectivity index (χ2n) is 4.66. The van der Waals surface area contributed by atoms with Crippen molar-refractivity contribution in [3.05, 3.63) is 36.0 Å². The van der Waals surface area contributed by atoms with Crippen molar-refractivity contribution in [2.24, 2.45) is 4.99 Å². The lowest BCUT2D eigenvalue weighted by atomic mass is 10.1. The van der Waals surface area contributed by atoms with Gasteiger partial charge in [-0.3, -0.25) is 4.99 Å². The van der Waals surface area contributed by atoms with Crippen molar-refractivity contribution < 1.29 is 0 Å². The van der Waals surface area contributed by atoms with Crippen molar-refractivity contribution in [2.75, 3.05) is 26.7 Å². The highest BCUT2D eigenvalue weighted by Gasteiger charge is 2.11. The van der Waals surface area contributed by atoms with Crippen LogP contribution in [0.1, 0.15) is 5.56 Å². The number of likely N-dealkylation sites (N-methyl/N-ethyl adjacent to an activating group) is 1. The van der Waals surface area contributed by atoms with Crippen LogP contribution in [0.5, 0.6) is 0 Å². The highest BCUT2D eigenvalue weighted by molar-refractivity contribution is 5.83. The summed E-state index contributed by atoms with van der Waals surface area (Å²) in [6.07, 6.45) is 3.01. The maximum atomic E-state index is 4.43. The molecule has 1 aromatic carbocycles. The van der Waals surface area contributed by atoms with E-state index >= 15 is 0 Å². The van der Waals surface area contributed by atoms with Crippen LogP contribution in [0.4, 0.5) is 0 Å². The molecular formula is C14H18N4. The van der Waals surface area contributed by atoms with Crippen molar-refractivity contribution in [2.45, 2.75) is 6.42 Å². The van der Waals surface area contributed by atoms with E-state index in [1.165, 1.54) is 16.5 Å². The van der Waals surface area contributed by atoms with Crippen LogP contribution in [0.2, 0.25) is 0 Å². The van der Waals surface area contributed by atoms with E-state index in [-0.39, 0.29) is 0 Å². The molecule has 0 spiro atoms. The van der Waals surface area contributed by atoms with E-state index in [1.807, 2.05) is 6.20 Å². The summed E-state index contributed by atoms with van der Waals surface area (Å²) in [7, 11) is 2.08. The van der Waals surface area contributed by atoms with Gasteiger partial charge in [-0.05, 0) is 24.1 Å². The fourth-order valence-electron chi connectivity index (χ4n) is 2.40. The van der Waals surface area contributed by atoms with E-state index in [0.717, 1.165) is 32.0 Å². The molecule has 2 aromatic rings. The Balaban J connectivity index is 1.65. The molecule has 1 aliphatic heterocycles.